The molecule has 0 aromatic rings. The van der Waals surface area contributed by atoms with Crippen molar-refractivity contribution >= 4 is 10.0 Å². The summed E-state index contributed by atoms with van der Waals surface area (Å²) in [7, 11) is -3.02. The average molecular weight is 299 g/mol. The normalized spacial score (nSPS) is 24.6. The Kier molecular flexibility index (Phi) is 5.44. The second-order valence-corrected chi connectivity index (χ2v) is 7.84. The van der Waals surface area contributed by atoms with Crippen molar-refractivity contribution in [3.8, 4) is 12.3 Å². The molecule has 0 aliphatic carbocycles. The Hall–Kier alpha value is -0.610. The van der Waals surface area contributed by atoms with Gasteiger partial charge in [-0.05, 0) is 25.7 Å². The number of rotatable bonds is 4. The molecule has 0 aromatic carbocycles. The summed E-state index contributed by atoms with van der Waals surface area (Å²) in [6.45, 7) is 4.16. The van der Waals surface area contributed by atoms with Crippen LogP contribution in [0.5, 0.6) is 0 Å². The Bertz CT molecular complexity index is 442. The van der Waals surface area contributed by atoms with E-state index in [0.717, 1.165) is 45.3 Å². The number of terminal acetylenes is 1. The zero-order valence-corrected chi connectivity index (χ0v) is 13.0. The molecule has 2 aliphatic heterocycles. The van der Waals surface area contributed by atoms with Crippen LogP contribution in [0.2, 0.25) is 0 Å². The van der Waals surface area contributed by atoms with E-state index in [2.05, 4.69) is 16.1 Å². The molecule has 5 nitrogen and oxygen atoms in total. The fourth-order valence-electron chi connectivity index (χ4n) is 3.07. The van der Waals surface area contributed by atoms with E-state index in [-0.39, 0.29) is 0 Å². The molecule has 114 valence electrons. The van der Waals surface area contributed by atoms with Gasteiger partial charge in [-0.25, -0.2) is 12.7 Å². The van der Waals surface area contributed by atoms with E-state index in [1.165, 1.54) is 6.26 Å². The van der Waals surface area contributed by atoms with Gasteiger partial charge in [0.25, 0.3) is 0 Å². The Labute approximate surface area is 122 Å². The SMILES string of the molecule is C#CCN1CCC(NC2CCN(S(C)(=O)=O)CC2)CC1. The first-order valence-corrected chi connectivity index (χ1v) is 9.21. The van der Waals surface area contributed by atoms with E-state index in [0.29, 0.717) is 25.2 Å². The molecule has 2 fully saturated rings. The molecule has 0 spiro atoms. The quantitative estimate of drug-likeness (QED) is 0.748. The monoisotopic (exact) mass is 299 g/mol. The van der Waals surface area contributed by atoms with E-state index in [9.17, 15) is 8.42 Å². The number of piperidine rings is 2. The molecule has 2 heterocycles. The molecule has 0 radical (unpaired) electrons. The highest BCUT2D eigenvalue weighted by Crippen LogP contribution is 2.17. The molecule has 1 N–H and O–H groups in total. The summed E-state index contributed by atoms with van der Waals surface area (Å²) in [5.41, 5.74) is 0. The van der Waals surface area contributed by atoms with Gasteiger partial charge in [0.05, 0.1) is 12.8 Å². The van der Waals surface area contributed by atoms with Crippen LogP contribution in [0.1, 0.15) is 25.7 Å². The van der Waals surface area contributed by atoms with E-state index < -0.39 is 10.0 Å². The largest absolute Gasteiger partial charge is 0.311 e. The third-order valence-corrected chi connectivity index (χ3v) is 5.60. The van der Waals surface area contributed by atoms with Gasteiger partial charge in [-0.2, -0.15) is 0 Å². The van der Waals surface area contributed by atoms with Crippen molar-refractivity contribution in [3.05, 3.63) is 0 Å². The standard InChI is InChI=1S/C14H25N3O2S/c1-3-8-16-9-4-13(5-10-16)15-14-6-11-17(12-7-14)20(2,18)19/h1,13-15H,4-12H2,2H3. The van der Waals surface area contributed by atoms with Crippen LogP contribution in [0.15, 0.2) is 0 Å². The second-order valence-electron chi connectivity index (χ2n) is 5.86. The highest BCUT2D eigenvalue weighted by molar-refractivity contribution is 7.88. The lowest BCUT2D eigenvalue weighted by molar-refractivity contribution is 0.193. The Morgan fingerprint density at radius 1 is 1.10 bits per heavy atom. The zero-order valence-electron chi connectivity index (χ0n) is 12.2. The highest BCUT2D eigenvalue weighted by atomic mass is 32.2. The number of likely N-dealkylation sites (tertiary alicyclic amines) is 1. The maximum atomic E-state index is 11.5. The molecular formula is C14H25N3O2S. The number of nitrogens with one attached hydrogen (secondary N) is 1. The molecule has 2 saturated heterocycles. The lowest BCUT2D eigenvalue weighted by Crippen LogP contribution is -2.50. The highest BCUT2D eigenvalue weighted by Gasteiger charge is 2.27. The van der Waals surface area contributed by atoms with Crippen molar-refractivity contribution in [3.63, 3.8) is 0 Å². The van der Waals surface area contributed by atoms with Gasteiger partial charge in [0.2, 0.25) is 10.0 Å². The Balaban J connectivity index is 1.70. The zero-order chi connectivity index (χ0) is 14.6. The van der Waals surface area contributed by atoms with Crippen molar-refractivity contribution in [2.24, 2.45) is 0 Å². The summed E-state index contributed by atoms with van der Waals surface area (Å²) in [5.74, 6) is 2.70. The molecule has 6 heteroatoms. The van der Waals surface area contributed by atoms with Crippen molar-refractivity contribution < 1.29 is 8.42 Å². The molecule has 2 rings (SSSR count). The first-order valence-electron chi connectivity index (χ1n) is 7.36. The summed E-state index contributed by atoms with van der Waals surface area (Å²) in [5, 5.41) is 3.69. The van der Waals surface area contributed by atoms with Crippen LogP contribution in [-0.4, -0.2) is 68.7 Å². The summed E-state index contributed by atoms with van der Waals surface area (Å²) < 4.78 is 24.5. The summed E-state index contributed by atoms with van der Waals surface area (Å²) >= 11 is 0. The molecule has 0 unspecified atom stereocenters. The smallest absolute Gasteiger partial charge is 0.211 e. The van der Waals surface area contributed by atoms with E-state index in [4.69, 9.17) is 6.42 Å². The third-order valence-electron chi connectivity index (χ3n) is 4.30. The predicted molar refractivity (Wildman–Crippen MR) is 80.9 cm³/mol. The molecule has 0 saturated carbocycles. The van der Waals surface area contributed by atoms with Gasteiger partial charge in [0, 0.05) is 38.3 Å². The van der Waals surface area contributed by atoms with Gasteiger partial charge >= 0.3 is 0 Å². The topological polar surface area (TPSA) is 52.6 Å². The van der Waals surface area contributed by atoms with Crippen LogP contribution in [0, 0.1) is 12.3 Å². The number of nitrogens with zero attached hydrogens (tertiary/aromatic N) is 2. The number of hydrogen-bond acceptors (Lipinski definition) is 4. The lowest BCUT2D eigenvalue weighted by Gasteiger charge is -2.36. The minimum Gasteiger partial charge on any atom is -0.311 e. The molecular weight excluding hydrogens is 274 g/mol. The molecule has 2 aliphatic rings. The van der Waals surface area contributed by atoms with E-state index in [1.54, 1.807) is 4.31 Å². The minimum atomic E-state index is -3.02. The van der Waals surface area contributed by atoms with Gasteiger partial charge in [-0.3, -0.25) is 4.90 Å². The summed E-state index contributed by atoms with van der Waals surface area (Å²) in [6, 6.07) is 1.01. The Morgan fingerprint density at radius 3 is 2.05 bits per heavy atom. The molecule has 0 bridgehead atoms. The maximum Gasteiger partial charge on any atom is 0.211 e. The second kappa shape index (κ2) is 6.90. The third kappa shape index (κ3) is 4.45. The van der Waals surface area contributed by atoms with Crippen LogP contribution in [0.25, 0.3) is 0 Å². The number of sulfonamides is 1. The summed E-state index contributed by atoms with van der Waals surface area (Å²) in [4.78, 5) is 2.31. The van der Waals surface area contributed by atoms with Crippen molar-refractivity contribution in [1.82, 2.24) is 14.5 Å². The fraction of sp³-hybridized carbons (Fsp3) is 0.857. The minimum absolute atomic E-state index is 0.456. The van der Waals surface area contributed by atoms with Crippen molar-refractivity contribution in [2.45, 2.75) is 37.8 Å². The van der Waals surface area contributed by atoms with Gasteiger partial charge in [-0.15, -0.1) is 6.42 Å². The first kappa shape index (κ1) is 15.8. The van der Waals surface area contributed by atoms with Crippen LogP contribution in [-0.2, 0) is 10.0 Å². The molecule has 0 amide bonds. The maximum absolute atomic E-state index is 11.5. The average Bonchev–Trinajstić information content (AvgIpc) is 2.41. The van der Waals surface area contributed by atoms with Gasteiger partial charge in [0.15, 0.2) is 0 Å². The van der Waals surface area contributed by atoms with Crippen LogP contribution >= 0.6 is 0 Å². The first-order chi connectivity index (χ1) is 9.49. The van der Waals surface area contributed by atoms with E-state index >= 15 is 0 Å². The number of hydrogen-bond donors (Lipinski definition) is 1. The van der Waals surface area contributed by atoms with Gasteiger partial charge in [0.1, 0.15) is 0 Å². The molecule has 0 aromatic heterocycles. The van der Waals surface area contributed by atoms with Crippen molar-refractivity contribution in [2.75, 3.05) is 39.0 Å². The molecule has 20 heavy (non-hydrogen) atoms. The fourth-order valence-corrected chi connectivity index (χ4v) is 3.95. The van der Waals surface area contributed by atoms with Crippen LogP contribution in [0.4, 0.5) is 0 Å². The van der Waals surface area contributed by atoms with Crippen LogP contribution in [0.3, 0.4) is 0 Å². The van der Waals surface area contributed by atoms with Gasteiger partial charge in [-0.1, -0.05) is 5.92 Å². The summed E-state index contributed by atoms with van der Waals surface area (Å²) in [6.07, 6.45) is 10.7. The van der Waals surface area contributed by atoms with Crippen molar-refractivity contribution in [1.29, 1.82) is 0 Å². The predicted octanol–water partition coefficient (Wildman–Crippen LogP) is 0.0976. The van der Waals surface area contributed by atoms with Gasteiger partial charge < -0.3 is 5.32 Å². The lowest BCUT2D eigenvalue weighted by atomic mass is 10.0. The van der Waals surface area contributed by atoms with E-state index in [1.807, 2.05) is 0 Å². The van der Waals surface area contributed by atoms with Crippen LogP contribution < -0.4 is 5.32 Å². The Morgan fingerprint density at radius 2 is 1.60 bits per heavy atom. The molecule has 0 atom stereocenters.